The van der Waals surface area contributed by atoms with E-state index < -0.39 is 0 Å². The summed E-state index contributed by atoms with van der Waals surface area (Å²) in [5.41, 5.74) is 5.22. The molecule has 5 heteroatoms. The van der Waals surface area contributed by atoms with Gasteiger partial charge in [0.1, 0.15) is 0 Å². The molecule has 0 fully saturated rings. The standard InChI is InChI=1S/C12H15N3OS/c1-8-14-11-5-4-10(6-12(11)17-8)7-13-15(3)9(2)16/h4-6,13H,7H2,1-3H3. The van der Waals surface area contributed by atoms with Gasteiger partial charge in [-0.2, -0.15) is 0 Å². The van der Waals surface area contributed by atoms with Crippen molar-refractivity contribution in [1.29, 1.82) is 0 Å². The molecule has 0 aliphatic rings. The minimum atomic E-state index is -0.000266. The molecule has 4 nitrogen and oxygen atoms in total. The van der Waals surface area contributed by atoms with Gasteiger partial charge in [0, 0.05) is 20.5 Å². The van der Waals surface area contributed by atoms with Crippen molar-refractivity contribution in [2.75, 3.05) is 7.05 Å². The van der Waals surface area contributed by atoms with Crippen LogP contribution < -0.4 is 5.43 Å². The van der Waals surface area contributed by atoms with Crippen molar-refractivity contribution in [2.45, 2.75) is 20.4 Å². The van der Waals surface area contributed by atoms with E-state index in [1.165, 1.54) is 16.6 Å². The van der Waals surface area contributed by atoms with Gasteiger partial charge < -0.3 is 0 Å². The van der Waals surface area contributed by atoms with Crippen LogP contribution in [0.25, 0.3) is 10.2 Å². The molecule has 0 saturated heterocycles. The van der Waals surface area contributed by atoms with E-state index in [4.69, 9.17) is 0 Å². The first kappa shape index (κ1) is 12.0. The Hall–Kier alpha value is -1.46. The molecule has 90 valence electrons. The predicted molar refractivity (Wildman–Crippen MR) is 69.6 cm³/mol. The Balaban J connectivity index is 2.11. The first-order valence-electron chi connectivity index (χ1n) is 5.40. The summed E-state index contributed by atoms with van der Waals surface area (Å²) in [5.74, 6) is -0.000266. The van der Waals surface area contributed by atoms with Crippen LogP contribution in [0.3, 0.4) is 0 Å². The Morgan fingerprint density at radius 1 is 1.53 bits per heavy atom. The van der Waals surface area contributed by atoms with E-state index in [-0.39, 0.29) is 5.91 Å². The molecule has 0 aliphatic carbocycles. The smallest absolute Gasteiger partial charge is 0.233 e. The van der Waals surface area contributed by atoms with Crippen molar-refractivity contribution >= 4 is 27.5 Å². The first-order valence-corrected chi connectivity index (χ1v) is 6.22. The second kappa shape index (κ2) is 4.81. The molecule has 0 unspecified atom stereocenters. The van der Waals surface area contributed by atoms with Gasteiger partial charge in [0.05, 0.1) is 15.2 Å². The van der Waals surface area contributed by atoms with E-state index >= 15 is 0 Å². The number of aromatic nitrogens is 1. The third-order valence-corrected chi connectivity index (χ3v) is 3.49. The molecule has 2 aromatic rings. The molecule has 0 atom stereocenters. The van der Waals surface area contributed by atoms with Gasteiger partial charge in [0.2, 0.25) is 5.91 Å². The monoisotopic (exact) mass is 249 g/mol. The number of rotatable bonds is 3. The SMILES string of the molecule is CC(=O)N(C)NCc1ccc2nc(C)sc2c1. The number of hydrogen-bond donors (Lipinski definition) is 1. The van der Waals surface area contributed by atoms with Gasteiger partial charge in [-0.25, -0.2) is 10.4 Å². The van der Waals surface area contributed by atoms with E-state index in [1.54, 1.807) is 18.4 Å². The van der Waals surface area contributed by atoms with Crippen molar-refractivity contribution in [2.24, 2.45) is 0 Å². The van der Waals surface area contributed by atoms with Gasteiger partial charge in [-0.3, -0.25) is 9.80 Å². The third-order valence-electron chi connectivity index (χ3n) is 2.55. The van der Waals surface area contributed by atoms with Crippen LogP contribution in [-0.2, 0) is 11.3 Å². The number of nitrogens with zero attached hydrogens (tertiary/aromatic N) is 2. The molecule has 0 aliphatic heterocycles. The van der Waals surface area contributed by atoms with Crippen LogP contribution in [0.4, 0.5) is 0 Å². The van der Waals surface area contributed by atoms with Crippen molar-refractivity contribution in [3.63, 3.8) is 0 Å². The maximum Gasteiger partial charge on any atom is 0.233 e. The summed E-state index contributed by atoms with van der Waals surface area (Å²) in [6.07, 6.45) is 0. The van der Waals surface area contributed by atoms with Gasteiger partial charge in [-0.1, -0.05) is 6.07 Å². The fraction of sp³-hybridized carbons (Fsp3) is 0.333. The van der Waals surface area contributed by atoms with Gasteiger partial charge in [-0.15, -0.1) is 11.3 Å². The van der Waals surface area contributed by atoms with E-state index in [1.807, 2.05) is 19.1 Å². The van der Waals surface area contributed by atoms with Gasteiger partial charge >= 0.3 is 0 Å². The largest absolute Gasteiger partial charge is 0.281 e. The second-order valence-corrected chi connectivity index (χ2v) is 5.18. The number of thiazole rings is 1. The molecule has 0 bridgehead atoms. The lowest BCUT2D eigenvalue weighted by Crippen LogP contribution is -2.37. The van der Waals surface area contributed by atoms with E-state index in [0.29, 0.717) is 6.54 Å². The molecular formula is C12H15N3OS. The van der Waals surface area contributed by atoms with Gasteiger partial charge in [-0.05, 0) is 24.6 Å². The lowest BCUT2D eigenvalue weighted by molar-refractivity contribution is -0.130. The number of hydrogen-bond acceptors (Lipinski definition) is 4. The third kappa shape index (κ3) is 2.81. The van der Waals surface area contributed by atoms with Crippen molar-refractivity contribution in [3.05, 3.63) is 28.8 Å². The molecule has 1 aromatic carbocycles. The minimum Gasteiger partial charge on any atom is -0.281 e. The van der Waals surface area contributed by atoms with Crippen LogP contribution in [0.15, 0.2) is 18.2 Å². The Bertz CT molecular complexity index is 550. The number of fused-ring (bicyclic) bond motifs is 1. The van der Waals surface area contributed by atoms with Crippen molar-refractivity contribution in [3.8, 4) is 0 Å². The molecule has 1 amide bonds. The Morgan fingerprint density at radius 2 is 2.29 bits per heavy atom. The molecule has 2 rings (SSSR count). The molecule has 17 heavy (non-hydrogen) atoms. The van der Waals surface area contributed by atoms with Gasteiger partial charge in [0.25, 0.3) is 0 Å². The zero-order chi connectivity index (χ0) is 12.4. The van der Waals surface area contributed by atoms with Crippen molar-refractivity contribution in [1.82, 2.24) is 15.4 Å². The normalized spacial score (nSPS) is 10.8. The van der Waals surface area contributed by atoms with E-state index in [0.717, 1.165) is 16.1 Å². The minimum absolute atomic E-state index is 0.000266. The fourth-order valence-electron chi connectivity index (χ4n) is 1.52. The van der Waals surface area contributed by atoms with E-state index in [9.17, 15) is 4.79 Å². The Kier molecular flexibility index (Phi) is 3.40. The summed E-state index contributed by atoms with van der Waals surface area (Å²) < 4.78 is 1.19. The number of amides is 1. The lowest BCUT2D eigenvalue weighted by Gasteiger charge is -2.16. The highest BCUT2D eigenvalue weighted by Crippen LogP contribution is 2.22. The first-order chi connectivity index (χ1) is 8.06. The highest BCUT2D eigenvalue weighted by Gasteiger charge is 2.04. The number of carbonyl (C=O) groups is 1. The maximum absolute atomic E-state index is 11.0. The molecule has 0 saturated carbocycles. The number of carbonyl (C=O) groups excluding carboxylic acids is 1. The van der Waals surface area contributed by atoms with Crippen LogP contribution in [0.2, 0.25) is 0 Å². The summed E-state index contributed by atoms with van der Waals surface area (Å²) in [6.45, 7) is 4.18. The molecule has 1 heterocycles. The second-order valence-electron chi connectivity index (χ2n) is 3.95. The zero-order valence-corrected chi connectivity index (χ0v) is 11.0. The quantitative estimate of drug-likeness (QED) is 0.847. The highest BCUT2D eigenvalue weighted by atomic mass is 32.1. The van der Waals surface area contributed by atoms with Crippen molar-refractivity contribution < 1.29 is 4.79 Å². The number of benzene rings is 1. The van der Waals surface area contributed by atoms with Crippen LogP contribution in [0.1, 0.15) is 17.5 Å². The summed E-state index contributed by atoms with van der Waals surface area (Å²) in [5, 5.41) is 2.56. The Labute approximate surface area is 104 Å². The van der Waals surface area contributed by atoms with Crippen LogP contribution in [0.5, 0.6) is 0 Å². The fourth-order valence-corrected chi connectivity index (χ4v) is 2.41. The Morgan fingerprint density at radius 3 is 3.00 bits per heavy atom. The zero-order valence-electron chi connectivity index (χ0n) is 10.2. The average Bonchev–Trinajstić information content (AvgIpc) is 2.64. The summed E-state index contributed by atoms with van der Waals surface area (Å²) >= 11 is 1.69. The average molecular weight is 249 g/mol. The predicted octanol–water partition coefficient (Wildman–Crippen LogP) is 2.09. The molecule has 1 aromatic heterocycles. The lowest BCUT2D eigenvalue weighted by atomic mass is 10.2. The van der Waals surface area contributed by atoms with Crippen LogP contribution >= 0.6 is 11.3 Å². The summed E-state index contributed by atoms with van der Waals surface area (Å²) in [6, 6.07) is 6.16. The summed E-state index contributed by atoms with van der Waals surface area (Å²) in [7, 11) is 1.72. The van der Waals surface area contributed by atoms with Gasteiger partial charge in [0.15, 0.2) is 0 Å². The maximum atomic E-state index is 11.0. The number of hydrazine groups is 1. The molecule has 0 radical (unpaired) electrons. The molecular weight excluding hydrogens is 234 g/mol. The number of nitrogens with one attached hydrogen (secondary N) is 1. The molecule has 0 spiro atoms. The highest BCUT2D eigenvalue weighted by molar-refractivity contribution is 7.18. The van der Waals surface area contributed by atoms with Crippen LogP contribution in [0, 0.1) is 6.92 Å². The molecule has 1 N–H and O–H groups in total. The van der Waals surface area contributed by atoms with Crippen LogP contribution in [-0.4, -0.2) is 22.9 Å². The number of aryl methyl sites for hydroxylation is 1. The summed E-state index contributed by atoms with van der Waals surface area (Å²) in [4.78, 5) is 15.4. The van der Waals surface area contributed by atoms with E-state index in [2.05, 4.69) is 16.5 Å². The topological polar surface area (TPSA) is 45.2 Å².